The Morgan fingerprint density at radius 2 is 0.760 bits per heavy atom. The maximum Gasteiger partial charge on any atom is -0.0119 e. The van der Waals surface area contributed by atoms with E-state index in [4.69, 9.17) is 0 Å². The molecule has 0 heterocycles. The van der Waals surface area contributed by atoms with Crippen LogP contribution in [0.3, 0.4) is 0 Å². The third-order valence-corrected chi connectivity index (χ3v) is 7.59. The summed E-state index contributed by atoms with van der Waals surface area (Å²) in [5.41, 5.74) is 4.43. The van der Waals surface area contributed by atoms with Crippen molar-refractivity contribution in [2.24, 2.45) is 0 Å². The van der Waals surface area contributed by atoms with Gasteiger partial charge in [-0.1, -0.05) is 93.6 Å². The third-order valence-electron chi connectivity index (χ3n) is 4.84. The molecule has 0 spiro atoms. The Kier molecular flexibility index (Phi) is 6.05. The molecule has 0 nitrogen and oxygen atoms in total. The summed E-state index contributed by atoms with van der Waals surface area (Å²) in [6.45, 7) is 6.80. The fourth-order valence-corrected chi connectivity index (χ4v) is 6.52. The quantitative estimate of drug-likeness (QED) is 0.543. The highest BCUT2D eigenvalue weighted by Gasteiger charge is 2.22. The highest BCUT2D eigenvalue weighted by atomic mass is 31.1. The Morgan fingerprint density at radius 3 is 1.04 bits per heavy atom. The maximum absolute atomic E-state index is 2.35. The fraction of sp³-hybridized carbons (Fsp3) is 0.250. The second-order valence-corrected chi connectivity index (χ2v) is 8.40. The van der Waals surface area contributed by atoms with Gasteiger partial charge in [0.05, 0.1) is 0 Å². The summed E-state index contributed by atoms with van der Waals surface area (Å²) in [7, 11) is -0.526. The molecule has 128 valence electrons. The molecule has 0 saturated heterocycles. The number of rotatable bonds is 6. The molecule has 0 N–H and O–H groups in total. The Bertz CT molecular complexity index is 722. The average molecular weight is 346 g/mol. The normalized spacial score (nSPS) is 11.0. The minimum Gasteiger partial charge on any atom is -0.0619 e. The highest BCUT2D eigenvalue weighted by molar-refractivity contribution is 7.80. The van der Waals surface area contributed by atoms with Crippen LogP contribution in [0.5, 0.6) is 0 Å². The van der Waals surface area contributed by atoms with E-state index in [2.05, 4.69) is 93.6 Å². The van der Waals surface area contributed by atoms with Crippen LogP contribution in [-0.4, -0.2) is 0 Å². The van der Waals surface area contributed by atoms with Gasteiger partial charge in [0, 0.05) is 0 Å². The van der Waals surface area contributed by atoms with Crippen molar-refractivity contribution in [3.8, 4) is 0 Å². The zero-order chi connectivity index (χ0) is 17.6. The van der Waals surface area contributed by atoms with Crippen molar-refractivity contribution in [2.75, 3.05) is 0 Å². The summed E-state index contributed by atoms with van der Waals surface area (Å²) in [5.74, 6) is 0. The summed E-state index contributed by atoms with van der Waals surface area (Å²) in [6.07, 6.45) is 3.24. The Balaban J connectivity index is 2.29. The predicted octanol–water partition coefficient (Wildman–Crippen LogP) is 5.13. The molecule has 0 saturated carbocycles. The zero-order valence-corrected chi connectivity index (χ0v) is 16.4. The van der Waals surface area contributed by atoms with Gasteiger partial charge >= 0.3 is 0 Å². The van der Waals surface area contributed by atoms with Crippen LogP contribution >= 0.6 is 7.92 Å². The van der Waals surface area contributed by atoms with E-state index in [9.17, 15) is 0 Å². The molecule has 3 rings (SSSR count). The first kappa shape index (κ1) is 17.9. The standard InChI is InChI=1S/C24H27P/c1-4-19-13-7-10-16-22(19)25(23-17-11-8-14-20(23)5-2)24-18-12-9-15-21(24)6-3/h7-18H,4-6H2,1-3H3. The van der Waals surface area contributed by atoms with E-state index in [1.165, 1.54) is 32.6 Å². The lowest BCUT2D eigenvalue weighted by molar-refractivity contribution is 1.15. The Hall–Kier alpha value is -1.91. The van der Waals surface area contributed by atoms with Gasteiger partial charge in [-0.05, 0) is 59.8 Å². The number of hydrogen-bond donors (Lipinski definition) is 0. The summed E-state index contributed by atoms with van der Waals surface area (Å²) in [5, 5.41) is 4.55. The second kappa shape index (κ2) is 8.45. The molecule has 0 radical (unpaired) electrons. The van der Waals surface area contributed by atoms with Crippen LogP contribution in [0.1, 0.15) is 37.5 Å². The molecule has 0 aliphatic carbocycles. The van der Waals surface area contributed by atoms with E-state index in [-0.39, 0.29) is 0 Å². The molecule has 0 bridgehead atoms. The molecule has 1 heteroatoms. The predicted molar refractivity (Wildman–Crippen MR) is 113 cm³/mol. The van der Waals surface area contributed by atoms with Crippen molar-refractivity contribution in [1.29, 1.82) is 0 Å². The van der Waals surface area contributed by atoms with Crippen molar-refractivity contribution in [1.82, 2.24) is 0 Å². The first-order valence-corrected chi connectivity index (χ1v) is 10.7. The van der Waals surface area contributed by atoms with Crippen LogP contribution in [0.15, 0.2) is 72.8 Å². The molecule has 0 aliphatic rings. The number of benzene rings is 3. The van der Waals surface area contributed by atoms with Gasteiger partial charge in [-0.25, -0.2) is 0 Å². The van der Waals surface area contributed by atoms with Gasteiger partial charge in [0.15, 0.2) is 0 Å². The maximum atomic E-state index is 2.35. The van der Waals surface area contributed by atoms with Gasteiger partial charge in [0.2, 0.25) is 0 Å². The van der Waals surface area contributed by atoms with Gasteiger partial charge in [-0.3, -0.25) is 0 Å². The van der Waals surface area contributed by atoms with E-state index in [1.807, 2.05) is 0 Å². The average Bonchev–Trinajstić information content (AvgIpc) is 2.69. The molecule has 0 atom stereocenters. The van der Waals surface area contributed by atoms with Crippen molar-refractivity contribution in [2.45, 2.75) is 40.0 Å². The van der Waals surface area contributed by atoms with Crippen LogP contribution in [0.25, 0.3) is 0 Å². The minimum atomic E-state index is -0.526. The highest BCUT2D eigenvalue weighted by Crippen LogP contribution is 2.37. The van der Waals surface area contributed by atoms with E-state index in [0.29, 0.717) is 0 Å². The molecular formula is C24H27P. The molecule has 25 heavy (non-hydrogen) atoms. The molecule has 0 amide bonds. The van der Waals surface area contributed by atoms with Gasteiger partial charge < -0.3 is 0 Å². The monoisotopic (exact) mass is 346 g/mol. The number of aryl methyl sites for hydroxylation is 3. The van der Waals surface area contributed by atoms with Crippen molar-refractivity contribution in [3.63, 3.8) is 0 Å². The summed E-state index contributed by atoms with van der Waals surface area (Å²) in [4.78, 5) is 0. The summed E-state index contributed by atoms with van der Waals surface area (Å²) >= 11 is 0. The lowest BCUT2D eigenvalue weighted by atomic mass is 10.2. The van der Waals surface area contributed by atoms with Gasteiger partial charge in [-0.15, -0.1) is 0 Å². The molecular weight excluding hydrogens is 319 g/mol. The van der Waals surface area contributed by atoms with E-state index < -0.39 is 7.92 Å². The van der Waals surface area contributed by atoms with E-state index >= 15 is 0 Å². The van der Waals surface area contributed by atoms with Gasteiger partial charge in [0.25, 0.3) is 0 Å². The summed E-state index contributed by atoms with van der Waals surface area (Å²) in [6, 6.07) is 27.1. The molecule has 0 fully saturated rings. The molecule has 0 unspecified atom stereocenters. The molecule has 3 aromatic rings. The van der Waals surface area contributed by atoms with Crippen molar-refractivity contribution in [3.05, 3.63) is 89.5 Å². The Morgan fingerprint density at radius 1 is 0.480 bits per heavy atom. The molecule has 0 aliphatic heterocycles. The van der Waals surface area contributed by atoms with Crippen molar-refractivity contribution < 1.29 is 0 Å². The first-order valence-electron chi connectivity index (χ1n) is 9.33. The van der Waals surface area contributed by atoms with Crippen LogP contribution < -0.4 is 15.9 Å². The van der Waals surface area contributed by atoms with Crippen molar-refractivity contribution >= 4 is 23.8 Å². The third kappa shape index (κ3) is 3.70. The molecule has 0 aromatic heterocycles. The lowest BCUT2D eigenvalue weighted by Gasteiger charge is -2.26. The second-order valence-electron chi connectivity index (χ2n) is 6.28. The van der Waals surface area contributed by atoms with Gasteiger partial charge in [0.1, 0.15) is 0 Å². The minimum absolute atomic E-state index is 0.526. The molecule has 3 aromatic carbocycles. The van der Waals surface area contributed by atoms with E-state index in [0.717, 1.165) is 19.3 Å². The zero-order valence-electron chi connectivity index (χ0n) is 15.5. The van der Waals surface area contributed by atoms with Crippen LogP contribution in [0, 0.1) is 0 Å². The topological polar surface area (TPSA) is 0 Å². The lowest BCUT2D eigenvalue weighted by Crippen LogP contribution is -2.27. The first-order chi connectivity index (χ1) is 12.3. The van der Waals surface area contributed by atoms with Crippen LogP contribution in [0.2, 0.25) is 0 Å². The smallest absolute Gasteiger partial charge is 0.0119 e. The van der Waals surface area contributed by atoms with Gasteiger partial charge in [-0.2, -0.15) is 0 Å². The fourth-order valence-electron chi connectivity index (χ4n) is 3.47. The van der Waals surface area contributed by atoms with E-state index in [1.54, 1.807) is 0 Å². The largest absolute Gasteiger partial charge is 0.0619 e. The SMILES string of the molecule is CCc1ccccc1P(c1ccccc1CC)c1ccccc1CC. The van der Waals surface area contributed by atoms with Crippen LogP contribution in [0.4, 0.5) is 0 Å². The summed E-state index contributed by atoms with van der Waals surface area (Å²) < 4.78 is 0. The van der Waals surface area contributed by atoms with Crippen LogP contribution in [-0.2, 0) is 19.3 Å². The Labute approximate surface area is 153 Å². The number of hydrogen-bond acceptors (Lipinski definition) is 0.